The SMILES string of the molecule is CCCOc1ccc(CNC2CCCCCCC2)cc1OC. The average molecular weight is 305 g/mol. The zero-order chi connectivity index (χ0) is 15.6. The molecule has 0 saturated heterocycles. The number of benzene rings is 1. The summed E-state index contributed by atoms with van der Waals surface area (Å²) in [6.07, 6.45) is 10.6. The van der Waals surface area contributed by atoms with Gasteiger partial charge in [-0.15, -0.1) is 0 Å². The van der Waals surface area contributed by atoms with Crippen molar-refractivity contribution in [1.29, 1.82) is 0 Å². The maximum atomic E-state index is 5.71. The minimum Gasteiger partial charge on any atom is -0.493 e. The first kappa shape index (κ1) is 17.1. The fourth-order valence-electron chi connectivity index (χ4n) is 3.08. The molecule has 0 aliphatic heterocycles. The van der Waals surface area contributed by atoms with Crippen LogP contribution in [0.4, 0.5) is 0 Å². The second-order valence-corrected chi connectivity index (χ2v) is 6.26. The lowest BCUT2D eigenvalue weighted by Gasteiger charge is -2.21. The molecule has 3 nitrogen and oxygen atoms in total. The molecule has 0 amide bonds. The van der Waals surface area contributed by atoms with Gasteiger partial charge in [-0.3, -0.25) is 0 Å². The summed E-state index contributed by atoms with van der Waals surface area (Å²) in [5, 5.41) is 3.72. The molecule has 0 spiro atoms. The second kappa shape index (κ2) is 9.73. The largest absolute Gasteiger partial charge is 0.493 e. The number of nitrogens with one attached hydrogen (secondary N) is 1. The van der Waals surface area contributed by atoms with Crippen LogP contribution in [-0.2, 0) is 6.54 Å². The van der Waals surface area contributed by atoms with Crippen LogP contribution in [0.3, 0.4) is 0 Å². The highest BCUT2D eigenvalue weighted by Crippen LogP contribution is 2.28. The van der Waals surface area contributed by atoms with Gasteiger partial charge in [0, 0.05) is 12.6 Å². The molecule has 0 unspecified atom stereocenters. The molecule has 2 rings (SSSR count). The molecule has 1 fully saturated rings. The van der Waals surface area contributed by atoms with E-state index in [4.69, 9.17) is 9.47 Å². The maximum absolute atomic E-state index is 5.71. The monoisotopic (exact) mass is 305 g/mol. The van der Waals surface area contributed by atoms with Crippen LogP contribution in [0.5, 0.6) is 11.5 Å². The van der Waals surface area contributed by atoms with Gasteiger partial charge in [0.25, 0.3) is 0 Å². The van der Waals surface area contributed by atoms with E-state index in [-0.39, 0.29) is 0 Å². The van der Waals surface area contributed by atoms with Crippen LogP contribution in [0.2, 0.25) is 0 Å². The number of hydrogen-bond acceptors (Lipinski definition) is 3. The summed E-state index contributed by atoms with van der Waals surface area (Å²) >= 11 is 0. The van der Waals surface area contributed by atoms with Crippen molar-refractivity contribution in [2.75, 3.05) is 13.7 Å². The van der Waals surface area contributed by atoms with Crippen molar-refractivity contribution in [3.8, 4) is 11.5 Å². The van der Waals surface area contributed by atoms with Crippen molar-refractivity contribution in [1.82, 2.24) is 5.32 Å². The summed E-state index contributed by atoms with van der Waals surface area (Å²) in [5.74, 6) is 1.68. The Morgan fingerprint density at radius 1 is 1.05 bits per heavy atom. The maximum Gasteiger partial charge on any atom is 0.161 e. The van der Waals surface area contributed by atoms with Crippen LogP contribution in [0.15, 0.2) is 18.2 Å². The van der Waals surface area contributed by atoms with E-state index >= 15 is 0 Å². The molecule has 3 heteroatoms. The van der Waals surface area contributed by atoms with Crippen LogP contribution >= 0.6 is 0 Å². The lowest BCUT2D eigenvalue weighted by atomic mass is 9.96. The third kappa shape index (κ3) is 5.53. The predicted molar refractivity (Wildman–Crippen MR) is 91.7 cm³/mol. The third-order valence-electron chi connectivity index (χ3n) is 4.39. The van der Waals surface area contributed by atoms with Gasteiger partial charge in [0.2, 0.25) is 0 Å². The fourth-order valence-corrected chi connectivity index (χ4v) is 3.08. The van der Waals surface area contributed by atoms with Gasteiger partial charge in [-0.25, -0.2) is 0 Å². The first-order valence-corrected chi connectivity index (χ1v) is 8.86. The van der Waals surface area contributed by atoms with Crippen LogP contribution in [-0.4, -0.2) is 19.8 Å². The zero-order valence-corrected chi connectivity index (χ0v) is 14.2. The Morgan fingerprint density at radius 2 is 1.77 bits per heavy atom. The van der Waals surface area contributed by atoms with Crippen molar-refractivity contribution in [2.24, 2.45) is 0 Å². The molecule has 1 aromatic rings. The quantitative estimate of drug-likeness (QED) is 0.793. The molecule has 1 aliphatic rings. The minimum atomic E-state index is 0.669. The standard InChI is InChI=1S/C19H31NO2/c1-3-13-22-18-12-11-16(14-19(18)21-2)15-20-17-9-7-5-4-6-8-10-17/h11-12,14,17,20H,3-10,13,15H2,1-2H3. The summed E-state index contributed by atoms with van der Waals surface area (Å²) in [6.45, 7) is 3.75. The molecule has 0 bridgehead atoms. The van der Waals surface area contributed by atoms with E-state index in [0.717, 1.165) is 31.1 Å². The van der Waals surface area contributed by atoms with Crippen LogP contribution in [0, 0.1) is 0 Å². The van der Waals surface area contributed by atoms with Gasteiger partial charge in [-0.2, -0.15) is 0 Å². The Balaban J connectivity index is 1.88. The van der Waals surface area contributed by atoms with Crippen LogP contribution in [0.1, 0.15) is 63.9 Å². The van der Waals surface area contributed by atoms with Gasteiger partial charge in [0.05, 0.1) is 13.7 Å². The van der Waals surface area contributed by atoms with E-state index in [2.05, 4.69) is 24.4 Å². The number of ether oxygens (including phenoxy) is 2. The van der Waals surface area contributed by atoms with Gasteiger partial charge in [0.15, 0.2) is 11.5 Å². The first-order valence-electron chi connectivity index (χ1n) is 8.86. The second-order valence-electron chi connectivity index (χ2n) is 6.26. The van der Waals surface area contributed by atoms with Gasteiger partial charge in [0.1, 0.15) is 0 Å². The van der Waals surface area contributed by atoms with Gasteiger partial charge in [-0.1, -0.05) is 45.1 Å². The Bertz CT molecular complexity index is 425. The normalized spacial score (nSPS) is 16.8. The van der Waals surface area contributed by atoms with Gasteiger partial charge >= 0.3 is 0 Å². The number of hydrogen-bond donors (Lipinski definition) is 1. The van der Waals surface area contributed by atoms with Crippen molar-refractivity contribution >= 4 is 0 Å². The highest BCUT2D eigenvalue weighted by molar-refractivity contribution is 5.42. The highest BCUT2D eigenvalue weighted by Gasteiger charge is 2.11. The molecule has 22 heavy (non-hydrogen) atoms. The molecule has 1 N–H and O–H groups in total. The smallest absolute Gasteiger partial charge is 0.161 e. The molecule has 0 atom stereocenters. The third-order valence-corrected chi connectivity index (χ3v) is 4.39. The van der Waals surface area contributed by atoms with Crippen molar-refractivity contribution < 1.29 is 9.47 Å². The van der Waals surface area contributed by atoms with Crippen LogP contribution < -0.4 is 14.8 Å². The van der Waals surface area contributed by atoms with Gasteiger partial charge < -0.3 is 14.8 Å². The lowest BCUT2D eigenvalue weighted by molar-refractivity contribution is 0.294. The Kier molecular flexibility index (Phi) is 7.58. The van der Waals surface area contributed by atoms with E-state index in [1.807, 2.05) is 6.07 Å². The average Bonchev–Trinajstić information content (AvgIpc) is 2.52. The summed E-state index contributed by atoms with van der Waals surface area (Å²) in [6, 6.07) is 6.94. The van der Waals surface area contributed by atoms with Gasteiger partial charge in [-0.05, 0) is 37.0 Å². The van der Waals surface area contributed by atoms with Crippen molar-refractivity contribution in [3.05, 3.63) is 23.8 Å². The molecule has 0 heterocycles. The minimum absolute atomic E-state index is 0.669. The zero-order valence-electron chi connectivity index (χ0n) is 14.2. The fraction of sp³-hybridized carbons (Fsp3) is 0.684. The number of rotatable bonds is 7. The Hall–Kier alpha value is -1.22. The molecular formula is C19H31NO2. The van der Waals surface area contributed by atoms with E-state index in [9.17, 15) is 0 Å². The Labute approximate surface area is 135 Å². The van der Waals surface area contributed by atoms with E-state index in [1.54, 1.807) is 7.11 Å². The first-order chi connectivity index (χ1) is 10.8. The van der Waals surface area contributed by atoms with Crippen molar-refractivity contribution in [3.63, 3.8) is 0 Å². The summed E-state index contributed by atoms with van der Waals surface area (Å²) in [7, 11) is 1.71. The molecule has 1 aliphatic carbocycles. The molecule has 1 aromatic carbocycles. The van der Waals surface area contributed by atoms with Crippen LogP contribution in [0.25, 0.3) is 0 Å². The highest BCUT2D eigenvalue weighted by atomic mass is 16.5. The van der Waals surface area contributed by atoms with E-state index in [1.165, 1.54) is 50.5 Å². The van der Waals surface area contributed by atoms with Crippen molar-refractivity contribution in [2.45, 2.75) is 70.9 Å². The molecular weight excluding hydrogens is 274 g/mol. The molecule has 124 valence electrons. The predicted octanol–water partition coefficient (Wildman–Crippen LogP) is 4.69. The number of methoxy groups -OCH3 is 1. The van der Waals surface area contributed by atoms with E-state index in [0.29, 0.717) is 6.04 Å². The molecule has 0 aromatic heterocycles. The summed E-state index contributed by atoms with van der Waals surface area (Å²) < 4.78 is 11.2. The Morgan fingerprint density at radius 3 is 2.45 bits per heavy atom. The molecule has 1 saturated carbocycles. The summed E-state index contributed by atoms with van der Waals surface area (Å²) in [4.78, 5) is 0. The summed E-state index contributed by atoms with van der Waals surface area (Å²) in [5.41, 5.74) is 1.27. The topological polar surface area (TPSA) is 30.5 Å². The van der Waals surface area contributed by atoms with E-state index < -0.39 is 0 Å². The molecule has 0 radical (unpaired) electrons. The lowest BCUT2D eigenvalue weighted by Crippen LogP contribution is -2.29.